The molecule has 0 radical (unpaired) electrons. The molecule has 27 heavy (non-hydrogen) atoms. The zero-order valence-corrected chi connectivity index (χ0v) is 16.1. The Labute approximate surface area is 160 Å². The van der Waals surface area contributed by atoms with E-state index in [0.717, 1.165) is 36.5 Å². The fourth-order valence-corrected chi connectivity index (χ4v) is 3.57. The number of benzene rings is 1. The molecule has 1 amide bonds. The molecule has 1 aromatic heterocycles. The Bertz CT molecular complexity index is 748. The van der Waals surface area contributed by atoms with Gasteiger partial charge in [-0.25, -0.2) is 0 Å². The summed E-state index contributed by atoms with van der Waals surface area (Å²) < 4.78 is 5.22. The lowest BCUT2D eigenvalue weighted by molar-refractivity contribution is 0.0948. The Morgan fingerprint density at radius 2 is 2.15 bits per heavy atom. The second kappa shape index (κ2) is 9.35. The predicted octanol–water partition coefficient (Wildman–Crippen LogP) is 3.23. The molecule has 1 N–H and O–H groups in total. The second-order valence-electron chi connectivity index (χ2n) is 6.89. The van der Waals surface area contributed by atoms with E-state index in [4.69, 9.17) is 4.74 Å². The number of nitrogens with one attached hydrogen (secondary N) is 1. The Kier molecular flexibility index (Phi) is 6.63. The van der Waals surface area contributed by atoms with E-state index in [-0.39, 0.29) is 5.91 Å². The van der Waals surface area contributed by atoms with E-state index < -0.39 is 0 Å². The first-order valence-corrected chi connectivity index (χ1v) is 9.72. The largest absolute Gasteiger partial charge is 0.497 e. The Balaban J connectivity index is 1.54. The Morgan fingerprint density at radius 1 is 1.26 bits per heavy atom. The van der Waals surface area contributed by atoms with E-state index in [1.165, 1.54) is 19.3 Å². The highest BCUT2D eigenvalue weighted by molar-refractivity contribution is 5.92. The van der Waals surface area contributed by atoms with Crippen LogP contribution >= 0.6 is 0 Å². The molecule has 6 heteroatoms. The molecule has 3 rings (SSSR count). The number of aromatic nitrogens is 2. The molecule has 0 spiro atoms. The van der Waals surface area contributed by atoms with Crippen LogP contribution in [-0.4, -0.2) is 42.3 Å². The molecule has 0 bridgehead atoms. The van der Waals surface area contributed by atoms with E-state index in [2.05, 4.69) is 27.3 Å². The van der Waals surface area contributed by atoms with Gasteiger partial charge in [0.2, 0.25) is 0 Å². The minimum absolute atomic E-state index is 0.192. The van der Waals surface area contributed by atoms with E-state index >= 15 is 0 Å². The number of carbonyl (C=O) groups is 1. The summed E-state index contributed by atoms with van der Waals surface area (Å²) in [5, 5.41) is 11.4. The van der Waals surface area contributed by atoms with E-state index in [1.54, 1.807) is 13.2 Å². The van der Waals surface area contributed by atoms with Gasteiger partial charge in [-0.15, -0.1) is 10.2 Å². The average Bonchev–Trinajstić information content (AvgIpc) is 2.74. The van der Waals surface area contributed by atoms with Gasteiger partial charge in [0.25, 0.3) is 5.91 Å². The number of rotatable bonds is 7. The van der Waals surface area contributed by atoms with Crippen molar-refractivity contribution in [3.8, 4) is 5.75 Å². The van der Waals surface area contributed by atoms with Crippen LogP contribution in [0.3, 0.4) is 0 Å². The van der Waals surface area contributed by atoms with Gasteiger partial charge in [-0.1, -0.05) is 19.1 Å². The highest BCUT2D eigenvalue weighted by Gasteiger charge is 2.22. The fourth-order valence-electron chi connectivity index (χ4n) is 3.57. The first-order valence-electron chi connectivity index (χ1n) is 9.72. The van der Waals surface area contributed by atoms with Gasteiger partial charge in [0.05, 0.1) is 7.11 Å². The van der Waals surface area contributed by atoms with Crippen molar-refractivity contribution < 1.29 is 9.53 Å². The number of methoxy groups -OCH3 is 1. The van der Waals surface area contributed by atoms with Crippen molar-refractivity contribution >= 4 is 11.7 Å². The maximum Gasteiger partial charge on any atom is 0.271 e. The van der Waals surface area contributed by atoms with Gasteiger partial charge >= 0.3 is 0 Å². The third kappa shape index (κ3) is 4.96. The minimum atomic E-state index is -0.192. The molecule has 1 aromatic carbocycles. The number of amides is 1. The molecule has 1 fully saturated rings. The number of ether oxygens (including phenoxy) is 1. The SMILES string of the molecule is CCC1CCCCN1c1ccc(C(=O)NCCc2cccc(OC)c2)nn1. The monoisotopic (exact) mass is 368 g/mol. The molecule has 6 nitrogen and oxygen atoms in total. The van der Waals surface area contributed by atoms with Crippen molar-refractivity contribution in [3.63, 3.8) is 0 Å². The molecule has 2 aromatic rings. The maximum atomic E-state index is 12.3. The number of hydrogen-bond donors (Lipinski definition) is 1. The highest BCUT2D eigenvalue weighted by Crippen LogP contribution is 2.24. The summed E-state index contributed by atoms with van der Waals surface area (Å²) in [5.74, 6) is 1.50. The molecule has 0 saturated carbocycles. The van der Waals surface area contributed by atoms with Crippen LogP contribution in [0.25, 0.3) is 0 Å². The normalized spacial score (nSPS) is 16.8. The van der Waals surface area contributed by atoms with E-state index in [0.29, 0.717) is 18.3 Å². The summed E-state index contributed by atoms with van der Waals surface area (Å²) in [6.07, 6.45) is 5.50. The lowest BCUT2D eigenvalue weighted by Crippen LogP contribution is -2.39. The van der Waals surface area contributed by atoms with Gasteiger partial charge in [-0.05, 0) is 61.9 Å². The smallest absolute Gasteiger partial charge is 0.271 e. The van der Waals surface area contributed by atoms with Crippen LogP contribution in [0.5, 0.6) is 5.75 Å². The van der Waals surface area contributed by atoms with Crippen LogP contribution in [0.15, 0.2) is 36.4 Å². The lowest BCUT2D eigenvalue weighted by atomic mass is 10.0. The average molecular weight is 368 g/mol. The first kappa shape index (κ1) is 19.1. The third-order valence-electron chi connectivity index (χ3n) is 5.11. The summed E-state index contributed by atoms with van der Waals surface area (Å²) >= 11 is 0. The van der Waals surface area contributed by atoms with Crippen LogP contribution in [0.4, 0.5) is 5.82 Å². The van der Waals surface area contributed by atoms with Crippen LogP contribution in [0, 0.1) is 0 Å². The van der Waals surface area contributed by atoms with Crippen molar-refractivity contribution in [1.82, 2.24) is 15.5 Å². The number of nitrogens with zero attached hydrogens (tertiary/aromatic N) is 3. The van der Waals surface area contributed by atoms with Crippen molar-refractivity contribution in [2.24, 2.45) is 0 Å². The molecule has 1 aliphatic heterocycles. The van der Waals surface area contributed by atoms with Crippen LogP contribution < -0.4 is 15.0 Å². The van der Waals surface area contributed by atoms with Crippen LogP contribution in [-0.2, 0) is 6.42 Å². The molecular formula is C21H28N4O2. The molecule has 1 atom stereocenters. The Hall–Kier alpha value is -2.63. The quantitative estimate of drug-likeness (QED) is 0.813. The zero-order valence-electron chi connectivity index (χ0n) is 16.1. The van der Waals surface area contributed by atoms with Crippen molar-refractivity contribution in [3.05, 3.63) is 47.7 Å². The Morgan fingerprint density at radius 3 is 2.89 bits per heavy atom. The highest BCUT2D eigenvalue weighted by atomic mass is 16.5. The van der Waals surface area contributed by atoms with Gasteiger partial charge in [-0.2, -0.15) is 0 Å². The summed E-state index contributed by atoms with van der Waals surface area (Å²) in [7, 11) is 1.65. The number of carbonyl (C=O) groups excluding carboxylic acids is 1. The van der Waals surface area contributed by atoms with E-state index in [9.17, 15) is 4.79 Å². The van der Waals surface area contributed by atoms with Gasteiger partial charge in [-0.3, -0.25) is 4.79 Å². The minimum Gasteiger partial charge on any atom is -0.497 e. The third-order valence-corrected chi connectivity index (χ3v) is 5.11. The van der Waals surface area contributed by atoms with Gasteiger partial charge in [0, 0.05) is 19.1 Å². The van der Waals surface area contributed by atoms with Crippen molar-refractivity contribution in [2.45, 2.75) is 45.1 Å². The summed E-state index contributed by atoms with van der Waals surface area (Å²) in [5.41, 5.74) is 1.47. The molecular weight excluding hydrogens is 340 g/mol. The van der Waals surface area contributed by atoms with Crippen LogP contribution in [0.1, 0.15) is 48.7 Å². The van der Waals surface area contributed by atoms with Crippen molar-refractivity contribution in [2.75, 3.05) is 25.1 Å². The standard InChI is InChI=1S/C21H28N4O2/c1-3-17-8-4-5-14-25(17)20-11-10-19(23-24-20)21(26)22-13-12-16-7-6-9-18(15-16)27-2/h6-7,9-11,15,17H,3-5,8,12-14H2,1-2H3,(H,22,26). The first-order chi connectivity index (χ1) is 13.2. The van der Waals surface area contributed by atoms with Gasteiger partial charge in [0.15, 0.2) is 11.5 Å². The fraction of sp³-hybridized carbons (Fsp3) is 0.476. The molecule has 0 aliphatic carbocycles. The molecule has 144 valence electrons. The second-order valence-corrected chi connectivity index (χ2v) is 6.89. The topological polar surface area (TPSA) is 67.4 Å². The number of anilines is 1. The lowest BCUT2D eigenvalue weighted by Gasteiger charge is -2.35. The van der Waals surface area contributed by atoms with Gasteiger partial charge < -0.3 is 15.0 Å². The predicted molar refractivity (Wildman–Crippen MR) is 106 cm³/mol. The zero-order chi connectivity index (χ0) is 19.1. The van der Waals surface area contributed by atoms with Crippen LogP contribution in [0.2, 0.25) is 0 Å². The van der Waals surface area contributed by atoms with Gasteiger partial charge in [0.1, 0.15) is 5.75 Å². The maximum absolute atomic E-state index is 12.3. The number of piperidine rings is 1. The molecule has 1 aliphatic rings. The van der Waals surface area contributed by atoms with Crippen molar-refractivity contribution in [1.29, 1.82) is 0 Å². The summed E-state index contributed by atoms with van der Waals surface area (Å²) in [6.45, 7) is 3.76. The number of hydrogen-bond acceptors (Lipinski definition) is 5. The summed E-state index contributed by atoms with van der Waals surface area (Å²) in [6, 6.07) is 12.1. The molecule has 2 heterocycles. The van der Waals surface area contributed by atoms with E-state index in [1.807, 2.05) is 30.3 Å². The summed E-state index contributed by atoms with van der Waals surface area (Å²) in [4.78, 5) is 14.6. The molecule has 1 unspecified atom stereocenters. The molecule has 1 saturated heterocycles.